The first kappa shape index (κ1) is 20.2. The lowest BCUT2D eigenvalue weighted by Gasteiger charge is -2.27. The number of thiophene rings is 1. The van der Waals surface area contributed by atoms with E-state index in [2.05, 4.69) is 51.9 Å². The van der Waals surface area contributed by atoms with Crippen LogP contribution < -0.4 is 10.6 Å². The highest BCUT2D eigenvalue weighted by Gasteiger charge is 2.32. The Balaban J connectivity index is 1.47. The molecule has 1 amide bonds. The summed E-state index contributed by atoms with van der Waals surface area (Å²) in [4.78, 5) is 20.6. The maximum absolute atomic E-state index is 12.7. The number of guanidine groups is 1. The van der Waals surface area contributed by atoms with E-state index in [0.717, 1.165) is 44.9 Å². The normalized spacial score (nSPS) is 22.1. The number of aliphatic imine (C=N–C) groups is 1. The Kier molecular flexibility index (Phi) is 6.79. The zero-order chi connectivity index (χ0) is 19.3. The molecule has 0 radical (unpaired) electrons. The lowest BCUT2D eigenvalue weighted by atomic mass is 9.88. The Bertz CT molecular complexity index is 635. The highest BCUT2D eigenvalue weighted by Crippen LogP contribution is 2.27. The molecular formula is C21H34N4OS. The summed E-state index contributed by atoms with van der Waals surface area (Å²) in [6, 6.07) is 4.58. The summed E-state index contributed by atoms with van der Waals surface area (Å²) in [5.74, 6) is 1.47. The fourth-order valence-electron chi connectivity index (χ4n) is 4.13. The average Bonchev–Trinajstić information content (AvgIpc) is 3.37. The first-order valence-electron chi connectivity index (χ1n) is 10.3. The SMILES string of the molecule is CN=C(NCC(C)(C)c1cccs1)NC1CCN(C(=O)C2CCCCC2)C1. The van der Waals surface area contributed by atoms with E-state index in [1.54, 1.807) is 11.3 Å². The van der Waals surface area contributed by atoms with E-state index in [4.69, 9.17) is 0 Å². The van der Waals surface area contributed by atoms with Gasteiger partial charge in [0.1, 0.15) is 0 Å². The summed E-state index contributed by atoms with van der Waals surface area (Å²) < 4.78 is 0. The maximum Gasteiger partial charge on any atom is 0.225 e. The number of hydrogen-bond donors (Lipinski definition) is 2. The molecule has 0 spiro atoms. The third-order valence-electron chi connectivity index (χ3n) is 5.90. The summed E-state index contributed by atoms with van der Waals surface area (Å²) in [5.41, 5.74) is 0.0600. The maximum atomic E-state index is 12.7. The zero-order valence-electron chi connectivity index (χ0n) is 17.0. The molecule has 0 bridgehead atoms. The average molecular weight is 391 g/mol. The van der Waals surface area contributed by atoms with Crippen LogP contribution in [0.5, 0.6) is 0 Å². The van der Waals surface area contributed by atoms with Crippen LogP contribution in [0.4, 0.5) is 0 Å². The van der Waals surface area contributed by atoms with Crippen LogP contribution in [0, 0.1) is 5.92 Å². The summed E-state index contributed by atoms with van der Waals surface area (Å²) in [7, 11) is 1.81. The summed E-state index contributed by atoms with van der Waals surface area (Å²) in [6.07, 6.45) is 6.86. The van der Waals surface area contributed by atoms with E-state index < -0.39 is 0 Å². The number of hydrogen-bond acceptors (Lipinski definition) is 3. The van der Waals surface area contributed by atoms with E-state index in [-0.39, 0.29) is 17.4 Å². The van der Waals surface area contributed by atoms with Gasteiger partial charge < -0.3 is 15.5 Å². The molecule has 1 saturated heterocycles. The molecule has 2 aliphatic rings. The largest absolute Gasteiger partial charge is 0.356 e. The van der Waals surface area contributed by atoms with Crippen molar-refractivity contribution in [3.8, 4) is 0 Å². The molecule has 1 saturated carbocycles. The fourth-order valence-corrected chi connectivity index (χ4v) is 4.98. The lowest BCUT2D eigenvalue weighted by molar-refractivity contribution is -0.135. The van der Waals surface area contributed by atoms with Crippen LogP contribution in [-0.2, 0) is 10.2 Å². The second-order valence-corrected chi connectivity index (χ2v) is 9.48. The van der Waals surface area contributed by atoms with Crippen LogP contribution in [-0.4, -0.2) is 49.5 Å². The Morgan fingerprint density at radius 2 is 2.07 bits per heavy atom. The molecule has 27 heavy (non-hydrogen) atoms. The molecular weight excluding hydrogens is 356 g/mol. The van der Waals surface area contributed by atoms with E-state index in [9.17, 15) is 4.79 Å². The molecule has 1 aliphatic heterocycles. The van der Waals surface area contributed by atoms with Gasteiger partial charge >= 0.3 is 0 Å². The van der Waals surface area contributed by atoms with E-state index in [0.29, 0.717) is 5.91 Å². The van der Waals surface area contributed by atoms with Crippen molar-refractivity contribution in [1.29, 1.82) is 0 Å². The highest BCUT2D eigenvalue weighted by molar-refractivity contribution is 7.10. The van der Waals surface area contributed by atoms with Gasteiger partial charge in [-0.25, -0.2) is 0 Å². The number of rotatable bonds is 5. The van der Waals surface area contributed by atoms with Crippen molar-refractivity contribution in [3.63, 3.8) is 0 Å². The fraction of sp³-hybridized carbons (Fsp3) is 0.714. The van der Waals surface area contributed by atoms with Crippen molar-refractivity contribution in [3.05, 3.63) is 22.4 Å². The number of nitrogens with one attached hydrogen (secondary N) is 2. The van der Waals surface area contributed by atoms with Gasteiger partial charge in [-0.1, -0.05) is 39.2 Å². The molecule has 1 unspecified atom stereocenters. The van der Waals surface area contributed by atoms with Gasteiger partial charge in [0.15, 0.2) is 5.96 Å². The molecule has 2 N–H and O–H groups in total. The second-order valence-electron chi connectivity index (χ2n) is 8.54. The van der Waals surface area contributed by atoms with Gasteiger partial charge in [0, 0.05) is 48.9 Å². The second kappa shape index (κ2) is 9.09. The minimum atomic E-state index is 0.0600. The van der Waals surface area contributed by atoms with E-state index in [1.165, 1.54) is 24.1 Å². The Hall–Kier alpha value is -1.56. The van der Waals surface area contributed by atoms with Crippen LogP contribution >= 0.6 is 11.3 Å². The molecule has 1 atom stereocenters. The van der Waals surface area contributed by atoms with Gasteiger partial charge in [-0.2, -0.15) is 0 Å². The van der Waals surface area contributed by atoms with E-state index in [1.807, 2.05) is 7.05 Å². The Morgan fingerprint density at radius 3 is 2.74 bits per heavy atom. The predicted octanol–water partition coefficient (Wildman–Crippen LogP) is 3.37. The number of amides is 1. The number of carbonyl (C=O) groups is 1. The lowest BCUT2D eigenvalue weighted by Crippen LogP contribution is -2.48. The molecule has 2 heterocycles. The molecule has 0 aromatic carbocycles. The minimum absolute atomic E-state index is 0.0600. The number of likely N-dealkylation sites (tertiary alicyclic amines) is 1. The smallest absolute Gasteiger partial charge is 0.225 e. The van der Waals surface area contributed by atoms with Crippen molar-refractivity contribution >= 4 is 23.2 Å². The summed E-state index contributed by atoms with van der Waals surface area (Å²) in [6.45, 7) is 6.98. The van der Waals surface area contributed by atoms with Gasteiger partial charge in [-0.3, -0.25) is 9.79 Å². The Labute approximate surface area is 167 Å². The first-order chi connectivity index (χ1) is 13.0. The third-order valence-corrected chi connectivity index (χ3v) is 7.14. The number of nitrogens with zero attached hydrogens (tertiary/aromatic N) is 2. The Morgan fingerprint density at radius 1 is 1.30 bits per heavy atom. The van der Waals surface area contributed by atoms with Crippen molar-refractivity contribution in [2.45, 2.75) is 63.8 Å². The quantitative estimate of drug-likeness (QED) is 0.599. The van der Waals surface area contributed by atoms with Gasteiger partial charge in [0.2, 0.25) is 5.91 Å². The van der Waals surface area contributed by atoms with Crippen molar-refractivity contribution in [2.75, 3.05) is 26.7 Å². The van der Waals surface area contributed by atoms with Crippen LogP contribution in [0.1, 0.15) is 57.2 Å². The predicted molar refractivity (Wildman–Crippen MR) is 113 cm³/mol. The highest BCUT2D eigenvalue weighted by atomic mass is 32.1. The number of carbonyl (C=O) groups excluding carboxylic acids is 1. The standard InChI is InChI=1S/C21H34N4OS/c1-21(2,18-10-7-13-27-18)15-23-20(22-3)24-17-11-12-25(14-17)19(26)16-8-5-4-6-9-16/h7,10,13,16-17H,4-6,8-9,11-12,14-15H2,1-3H3,(H2,22,23,24). The third kappa shape index (κ3) is 5.24. The summed E-state index contributed by atoms with van der Waals surface area (Å²) >= 11 is 1.79. The monoisotopic (exact) mass is 390 g/mol. The van der Waals surface area contributed by atoms with Crippen LogP contribution in [0.3, 0.4) is 0 Å². The molecule has 150 valence electrons. The van der Waals surface area contributed by atoms with Gasteiger partial charge in [0.25, 0.3) is 0 Å². The molecule has 1 aromatic heterocycles. The van der Waals surface area contributed by atoms with Crippen LogP contribution in [0.2, 0.25) is 0 Å². The van der Waals surface area contributed by atoms with Crippen molar-refractivity contribution < 1.29 is 4.79 Å². The molecule has 1 aliphatic carbocycles. The first-order valence-corrected chi connectivity index (χ1v) is 11.2. The molecule has 6 heteroatoms. The topological polar surface area (TPSA) is 56.7 Å². The molecule has 5 nitrogen and oxygen atoms in total. The van der Waals surface area contributed by atoms with Crippen LogP contribution in [0.15, 0.2) is 22.5 Å². The van der Waals surface area contributed by atoms with Gasteiger partial charge in [-0.15, -0.1) is 11.3 Å². The van der Waals surface area contributed by atoms with Gasteiger partial charge in [-0.05, 0) is 30.7 Å². The van der Waals surface area contributed by atoms with Crippen LogP contribution in [0.25, 0.3) is 0 Å². The van der Waals surface area contributed by atoms with Crippen molar-refractivity contribution in [1.82, 2.24) is 15.5 Å². The summed E-state index contributed by atoms with van der Waals surface area (Å²) in [5, 5.41) is 9.12. The zero-order valence-corrected chi connectivity index (χ0v) is 17.8. The molecule has 1 aromatic rings. The van der Waals surface area contributed by atoms with E-state index >= 15 is 0 Å². The van der Waals surface area contributed by atoms with Crippen molar-refractivity contribution in [2.24, 2.45) is 10.9 Å². The van der Waals surface area contributed by atoms with Gasteiger partial charge in [0.05, 0.1) is 0 Å². The molecule has 3 rings (SSSR count). The molecule has 2 fully saturated rings. The minimum Gasteiger partial charge on any atom is -0.356 e.